The van der Waals surface area contributed by atoms with Gasteiger partial charge in [-0.1, -0.05) is 0 Å². The number of fused-ring (bicyclic) bond motifs is 1. The van der Waals surface area contributed by atoms with E-state index in [1.807, 2.05) is 32.2 Å². The summed E-state index contributed by atoms with van der Waals surface area (Å²) in [5.74, 6) is 0.0784. The second-order valence-corrected chi connectivity index (χ2v) is 7.75. The molecule has 3 aromatic heterocycles. The summed E-state index contributed by atoms with van der Waals surface area (Å²) in [6.45, 7) is 3.11. The minimum absolute atomic E-state index is 0.113. The van der Waals surface area contributed by atoms with Gasteiger partial charge in [-0.2, -0.15) is 5.10 Å². The maximum atomic E-state index is 13.0. The summed E-state index contributed by atoms with van der Waals surface area (Å²) >= 11 is 0. The number of carbonyl (C=O) groups excluding carboxylic acids is 1. The van der Waals surface area contributed by atoms with Crippen molar-refractivity contribution in [2.45, 2.75) is 19.4 Å². The Morgan fingerprint density at radius 3 is 2.90 bits per heavy atom. The van der Waals surface area contributed by atoms with Crippen LogP contribution in [0, 0.1) is 6.92 Å². The summed E-state index contributed by atoms with van der Waals surface area (Å²) in [7, 11) is 1.85. The minimum Gasteiger partial charge on any atom is -0.431 e. The Hall–Kier alpha value is -3.72. The molecule has 1 aliphatic heterocycles. The molecule has 0 saturated carbocycles. The number of β-amino-alcohol motifs (C(OH)–C–C–N with tert-alkyl or cyclic N) is 1. The Balaban J connectivity index is 1.47. The molecule has 1 aromatic carbocycles. The third-order valence-electron chi connectivity index (χ3n) is 5.49. The first-order valence-electron chi connectivity index (χ1n) is 10.1. The molecule has 1 atom stereocenters. The van der Waals surface area contributed by atoms with Crippen LogP contribution in [0.2, 0.25) is 0 Å². The molecular weight excluding hydrogens is 396 g/mol. The van der Waals surface area contributed by atoms with Crippen LogP contribution in [0.4, 0.5) is 11.4 Å². The molecule has 5 rings (SSSR count). The average Bonchev–Trinajstić information content (AvgIpc) is 3.48. The first-order valence-corrected chi connectivity index (χ1v) is 10.1. The molecule has 158 valence electrons. The van der Waals surface area contributed by atoms with Gasteiger partial charge >= 0.3 is 0 Å². The predicted molar refractivity (Wildman–Crippen MR) is 116 cm³/mol. The summed E-state index contributed by atoms with van der Waals surface area (Å²) in [6, 6.07) is 7.51. The number of aromatic nitrogens is 4. The summed E-state index contributed by atoms with van der Waals surface area (Å²) in [5, 5.41) is 18.2. The molecule has 4 aromatic rings. The number of nitrogens with one attached hydrogen (secondary N) is 1. The molecule has 0 radical (unpaired) electrons. The number of aliphatic hydroxyl groups is 1. The van der Waals surface area contributed by atoms with Crippen molar-refractivity contribution >= 4 is 28.2 Å². The smallest absolute Gasteiger partial charge is 0.293 e. The van der Waals surface area contributed by atoms with Crippen LogP contribution < -0.4 is 10.2 Å². The first-order chi connectivity index (χ1) is 15.0. The lowest BCUT2D eigenvalue weighted by Gasteiger charge is -2.22. The predicted octanol–water partition coefficient (Wildman–Crippen LogP) is 2.76. The summed E-state index contributed by atoms with van der Waals surface area (Å²) in [4.78, 5) is 23.4. The highest BCUT2D eigenvalue weighted by molar-refractivity contribution is 6.06. The molecular formula is C22H22N6O3. The molecule has 9 heteroatoms. The van der Waals surface area contributed by atoms with Gasteiger partial charge in [-0.3, -0.25) is 14.5 Å². The maximum Gasteiger partial charge on any atom is 0.293 e. The standard InChI is InChI=1S/C22H22N6O3/c1-13-7-14(3-5-23-13)22-24-11-20(31-22)21(30)26-17-9-18-15(10-25-27(18)2)8-19(17)28-6-4-16(29)12-28/h3,5,7-11,16,29H,4,6,12H2,1-2H3,(H,26,30). The molecule has 31 heavy (non-hydrogen) atoms. The van der Waals surface area contributed by atoms with E-state index in [0.29, 0.717) is 31.1 Å². The van der Waals surface area contributed by atoms with Gasteiger partial charge in [-0.15, -0.1) is 0 Å². The quantitative estimate of drug-likeness (QED) is 0.524. The van der Waals surface area contributed by atoms with Crippen molar-refractivity contribution in [2.24, 2.45) is 7.05 Å². The van der Waals surface area contributed by atoms with Crippen molar-refractivity contribution in [3.63, 3.8) is 0 Å². The van der Waals surface area contributed by atoms with E-state index in [2.05, 4.69) is 25.3 Å². The molecule has 0 spiro atoms. The zero-order valence-electron chi connectivity index (χ0n) is 17.2. The summed E-state index contributed by atoms with van der Waals surface area (Å²) < 4.78 is 7.47. The van der Waals surface area contributed by atoms with Crippen molar-refractivity contribution < 1.29 is 14.3 Å². The number of nitrogens with zero attached hydrogens (tertiary/aromatic N) is 5. The number of amides is 1. The van der Waals surface area contributed by atoms with Crippen LogP contribution in [0.15, 0.2) is 47.3 Å². The number of pyridine rings is 1. The minimum atomic E-state index is -0.396. The van der Waals surface area contributed by atoms with Crippen molar-refractivity contribution in [3.8, 4) is 11.5 Å². The fourth-order valence-electron chi connectivity index (χ4n) is 3.89. The van der Waals surface area contributed by atoms with Crippen LogP contribution in [0.3, 0.4) is 0 Å². The Morgan fingerprint density at radius 1 is 1.26 bits per heavy atom. The molecule has 0 bridgehead atoms. The van der Waals surface area contributed by atoms with Crippen LogP contribution >= 0.6 is 0 Å². The SMILES string of the molecule is Cc1cc(-c2ncc(C(=O)Nc3cc4c(cnn4C)cc3N3CCC(O)C3)o2)ccn1. The van der Waals surface area contributed by atoms with Crippen molar-refractivity contribution in [2.75, 3.05) is 23.3 Å². The zero-order chi connectivity index (χ0) is 21.5. The van der Waals surface area contributed by atoms with E-state index in [9.17, 15) is 9.90 Å². The van der Waals surface area contributed by atoms with Gasteiger partial charge in [0.05, 0.1) is 35.4 Å². The topological polar surface area (TPSA) is 109 Å². The molecule has 2 N–H and O–H groups in total. The maximum absolute atomic E-state index is 13.0. The van der Waals surface area contributed by atoms with E-state index < -0.39 is 5.91 Å². The van der Waals surface area contributed by atoms with Crippen molar-refractivity contribution in [1.29, 1.82) is 0 Å². The Labute approximate surface area is 178 Å². The number of aliphatic hydroxyl groups excluding tert-OH is 1. The van der Waals surface area contributed by atoms with E-state index in [0.717, 1.165) is 27.8 Å². The number of carbonyl (C=O) groups is 1. The first kappa shape index (κ1) is 19.3. The number of rotatable bonds is 4. The molecule has 1 aliphatic rings. The fourth-order valence-corrected chi connectivity index (χ4v) is 3.89. The van der Waals surface area contributed by atoms with Crippen molar-refractivity contribution in [3.05, 3.63) is 54.3 Å². The monoisotopic (exact) mass is 418 g/mol. The van der Waals surface area contributed by atoms with Crippen molar-refractivity contribution in [1.82, 2.24) is 19.7 Å². The van der Waals surface area contributed by atoms with Gasteiger partial charge in [0, 0.05) is 43.0 Å². The van der Waals surface area contributed by atoms with Crippen LogP contribution in [-0.2, 0) is 7.05 Å². The summed E-state index contributed by atoms with van der Waals surface area (Å²) in [5.41, 5.74) is 3.96. The number of oxazole rings is 1. The molecule has 1 saturated heterocycles. The highest BCUT2D eigenvalue weighted by atomic mass is 16.4. The number of hydrogen-bond donors (Lipinski definition) is 2. The van der Waals surface area contributed by atoms with E-state index in [1.165, 1.54) is 6.20 Å². The number of hydrogen-bond acceptors (Lipinski definition) is 7. The zero-order valence-corrected chi connectivity index (χ0v) is 17.2. The lowest BCUT2D eigenvalue weighted by Crippen LogP contribution is -2.23. The van der Waals surface area contributed by atoms with Crippen LogP contribution in [0.1, 0.15) is 22.7 Å². The molecule has 0 aliphatic carbocycles. The molecule has 1 fully saturated rings. The molecule has 4 heterocycles. The molecule has 1 amide bonds. The van der Waals surface area contributed by atoms with Crippen LogP contribution in [-0.4, -0.2) is 50.0 Å². The lowest BCUT2D eigenvalue weighted by molar-refractivity contribution is 0.0997. The number of benzene rings is 1. The van der Waals surface area contributed by atoms with Gasteiger partial charge < -0.3 is 19.7 Å². The second kappa shape index (κ2) is 7.51. The van der Waals surface area contributed by atoms with Gasteiger partial charge in [0.15, 0.2) is 0 Å². The van der Waals surface area contributed by atoms with E-state index >= 15 is 0 Å². The Kier molecular flexibility index (Phi) is 4.67. The Morgan fingerprint density at radius 2 is 2.13 bits per heavy atom. The van der Waals surface area contributed by atoms with Crippen LogP contribution in [0.25, 0.3) is 22.4 Å². The normalized spacial score (nSPS) is 16.2. The number of anilines is 2. The third-order valence-corrected chi connectivity index (χ3v) is 5.49. The van der Waals surface area contributed by atoms with Crippen LogP contribution in [0.5, 0.6) is 0 Å². The number of aryl methyl sites for hydroxylation is 2. The third kappa shape index (κ3) is 3.64. The summed E-state index contributed by atoms with van der Waals surface area (Å²) in [6.07, 6.45) is 5.19. The van der Waals surface area contributed by atoms with Gasteiger partial charge in [0.1, 0.15) is 0 Å². The second-order valence-electron chi connectivity index (χ2n) is 7.75. The van der Waals surface area contributed by atoms with E-state index in [-0.39, 0.29) is 11.9 Å². The largest absolute Gasteiger partial charge is 0.431 e. The van der Waals surface area contributed by atoms with Gasteiger partial charge in [-0.05, 0) is 37.6 Å². The van der Waals surface area contributed by atoms with Gasteiger partial charge in [0.25, 0.3) is 5.91 Å². The fraction of sp³-hybridized carbons (Fsp3) is 0.273. The average molecular weight is 418 g/mol. The Bertz CT molecular complexity index is 1280. The highest BCUT2D eigenvalue weighted by Gasteiger charge is 2.25. The van der Waals surface area contributed by atoms with E-state index in [4.69, 9.17) is 4.42 Å². The van der Waals surface area contributed by atoms with Gasteiger partial charge in [-0.25, -0.2) is 4.98 Å². The van der Waals surface area contributed by atoms with E-state index in [1.54, 1.807) is 23.1 Å². The molecule has 1 unspecified atom stereocenters. The van der Waals surface area contributed by atoms with Gasteiger partial charge in [0.2, 0.25) is 11.7 Å². The highest BCUT2D eigenvalue weighted by Crippen LogP contribution is 2.34. The lowest BCUT2D eigenvalue weighted by atomic mass is 10.1. The molecule has 9 nitrogen and oxygen atoms in total.